The summed E-state index contributed by atoms with van der Waals surface area (Å²) in [6.45, 7) is 2.55. The van der Waals surface area contributed by atoms with E-state index in [1.54, 1.807) is 19.2 Å². The van der Waals surface area contributed by atoms with Gasteiger partial charge in [0, 0.05) is 12.2 Å². The molecular weight excluding hydrogens is 402 g/mol. The van der Waals surface area contributed by atoms with E-state index in [1.807, 2.05) is 37.3 Å². The monoisotopic (exact) mass is 425 g/mol. The van der Waals surface area contributed by atoms with Crippen LogP contribution in [0.3, 0.4) is 0 Å². The summed E-state index contributed by atoms with van der Waals surface area (Å²) in [5, 5.41) is 12.0. The van der Waals surface area contributed by atoms with Crippen LogP contribution in [0.1, 0.15) is 11.1 Å². The molecule has 0 spiro atoms. The molecule has 0 radical (unpaired) electrons. The second-order valence-corrected chi connectivity index (χ2v) is 8.91. The molecule has 0 saturated carbocycles. The molecule has 0 fully saturated rings. The van der Waals surface area contributed by atoms with E-state index in [4.69, 9.17) is 9.84 Å². The number of methoxy groups -OCH3 is 1. The van der Waals surface area contributed by atoms with E-state index in [2.05, 4.69) is 17.4 Å². The van der Waals surface area contributed by atoms with Crippen molar-refractivity contribution in [3.63, 3.8) is 0 Å². The van der Waals surface area contributed by atoms with Crippen LogP contribution in [0, 0.1) is 6.92 Å². The Labute approximate surface area is 176 Å². The highest BCUT2D eigenvalue weighted by Crippen LogP contribution is 2.27. The molecule has 3 aromatic rings. The second kappa shape index (κ2) is 9.00. The van der Waals surface area contributed by atoms with E-state index in [0.717, 1.165) is 33.7 Å². The highest BCUT2D eigenvalue weighted by Gasteiger charge is 2.18. The Bertz CT molecular complexity index is 1150. The van der Waals surface area contributed by atoms with E-state index in [0.29, 0.717) is 6.54 Å². The number of sulfone groups is 1. The Morgan fingerprint density at radius 3 is 2.37 bits per heavy atom. The summed E-state index contributed by atoms with van der Waals surface area (Å²) in [5.74, 6) is -1.45. The smallest absolute Gasteiger partial charge is 0.319 e. The molecule has 0 aliphatic heterocycles. The molecule has 6 nitrogen and oxygen atoms in total. The lowest BCUT2D eigenvalue weighted by Crippen LogP contribution is -2.15. The minimum Gasteiger partial charge on any atom is -0.496 e. The number of ether oxygens (including phenoxy) is 1. The Morgan fingerprint density at radius 1 is 1.00 bits per heavy atom. The molecular formula is C23H23NO5S. The molecule has 156 valence electrons. The van der Waals surface area contributed by atoms with Gasteiger partial charge < -0.3 is 15.2 Å². The van der Waals surface area contributed by atoms with Crippen molar-refractivity contribution in [2.24, 2.45) is 0 Å². The number of nitrogens with one attached hydrogen (secondary N) is 1. The Kier molecular flexibility index (Phi) is 6.42. The van der Waals surface area contributed by atoms with Crippen molar-refractivity contribution in [1.29, 1.82) is 0 Å². The van der Waals surface area contributed by atoms with Crippen molar-refractivity contribution in [2.75, 3.05) is 18.2 Å². The fraction of sp³-hybridized carbons (Fsp3) is 0.174. The van der Waals surface area contributed by atoms with E-state index in [9.17, 15) is 13.2 Å². The van der Waals surface area contributed by atoms with Gasteiger partial charge in [0.15, 0.2) is 15.6 Å². The Morgan fingerprint density at radius 2 is 1.70 bits per heavy atom. The summed E-state index contributed by atoms with van der Waals surface area (Å²) in [6, 6.07) is 20.3. The van der Waals surface area contributed by atoms with E-state index in [-0.39, 0.29) is 4.90 Å². The van der Waals surface area contributed by atoms with Crippen LogP contribution in [-0.2, 0) is 21.2 Å². The van der Waals surface area contributed by atoms with Gasteiger partial charge in [0.1, 0.15) is 5.75 Å². The lowest BCUT2D eigenvalue weighted by molar-refractivity contribution is -0.134. The van der Waals surface area contributed by atoms with Crippen LogP contribution in [0.2, 0.25) is 0 Å². The van der Waals surface area contributed by atoms with Crippen LogP contribution in [0.15, 0.2) is 71.6 Å². The summed E-state index contributed by atoms with van der Waals surface area (Å²) in [4.78, 5) is 10.7. The predicted octanol–water partition coefficient (Wildman–Crippen LogP) is 4.14. The molecule has 0 aliphatic rings. The molecule has 3 rings (SSSR count). The fourth-order valence-corrected chi connectivity index (χ4v) is 4.13. The summed E-state index contributed by atoms with van der Waals surface area (Å²) in [5.41, 5.74) is 5.02. The zero-order valence-electron chi connectivity index (χ0n) is 16.8. The summed E-state index contributed by atoms with van der Waals surface area (Å²) >= 11 is 0. The molecule has 2 N–H and O–H groups in total. The van der Waals surface area contributed by atoms with Crippen LogP contribution >= 0.6 is 0 Å². The maximum absolute atomic E-state index is 12.0. The van der Waals surface area contributed by atoms with Crippen LogP contribution in [-0.4, -0.2) is 32.4 Å². The maximum Gasteiger partial charge on any atom is 0.319 e. The summed E-state index contributed by atoms with van der Waals surface area (Å²) in [6.07, 6.45) is 0. The third-order valence-electron chi connectivity index (χ3n) is 4.69. The molecule has 3 aromatic carbocycles. The highest BCUT2D eigenvalue weighted by atomic mass is 32.2. The molecule has 0 atom stereocenters. The average molecular weight is 426 g/mol. The lowest BCUT2D eigenvalue weighted by atomic mass is 10.0. The number of hydrogen-bond acceptors (Lipinski definition) is 5. The molecule has 0 aliphatic carbocycles. The van der Waals surface area contributed by atoms with Crippen molar-refractivity contribution >= 4 is 21.5 Å². The third kappa shape index (κ3) is 5.18. The van der Waals surface area contributed by atoms with E-state index < -0.39 is 21.6 Å². The van der Waals surface area contributed by atoms with Gasteiger partial charge in [-0.3, -0.25) is 4.79 Å². The summed E-state index contributed by atoms with van der Waals surface area (Å²) in [7, 11) is -2.17. The highest BCUT2D eigenvalue weighted by molar-refractivity contribution is 7.92. The van der Waals surface area contributed by atoms with Gasteiger partial charge in [-0.15, -0.1) is 0 Å². The normalized spacial score (nSPS) is 11.1. The van der Waals surface area contributed by atoms with Gasteiger partial charge in [0.05, 0.1) is 12.0 Å². The molecule has 0 unspecified atom stereocenters. The predicted molar refractivity (Wildman–Crippen MR) is 117 cm³/mol. The Hall–Kier alpha value is -3.32. The average Bonchev–Trinajstić information content (AvgIpc) is 2.72. The second-order valence-electron chi connectivity index (χ2n) is 6.92. The first kappa shape index (κ1) is 21.4. The molecule has 0 aromatic heterocycles. The third-order valence-corrected chi connectivity index (χ3v) is 6.31. The van der Waals surface area contributed by atoms with Gasteiger partial charge in [-0.1, -0.05) is 30.3 Å². The fourth-order valence-electron chi connectivity index (χ4n) is 3.09. The number of carboxylic acids is 1. The largest absolute Gasteiger partial charge is 0.496 e. The minimum absolute atomic E-state index is 0.00855. The number of carboxylic acid groups (broad SMARTS) is 1. The topological polar surface area (TPSA) is 92.7 Å². The number of carbonyl (C=O) groups is 1. The van der Waals surface area contributed by atoms with Gasteiger partial charge in [0.25, 0.3) is 0 Å². The number of aliphatic carboxylic acids is 1. The first-order valence-electron chi connectivity index (χ1n) is 9.31. The SMILES string of the molecule is COc1cc(-c2cccc(CNc3ccc(S(=O)(=O)CC(=O)O)cc3)c2)ccc1C. The van der Waals surface area contributed by atoms with Crippen molar-refractivity contribution < 1.29 is 23.1 Å². The van der Waals surface area contributed by atoms with Gasteiger partial charge in [0.2, 0.25) is 0 Å². The molecule has 0 saturated heterocycles. The number of hydrogen-bond donors (Lipinski definition) is 2. The minimum atomic E-state index is -3.83. The van der Waals surface area contributed by atoms with Gasteiger partial charge >= 0.3 is 5.97 Å². The molecule has 0 bridgehead atoms. The van der Waals surface area contributed by atoms with E-state index >= 15 is 0 Å². The number of benzene rings is 3. The zero-order chi connectivity index (χ0) is 21.7. The quantitative estimate of drug-likeness (QED) is 0.563. The lowest BCUT2D eigenvalue weighted by Gasteiger charge is -2.11. The van der Waals surface area contributed by atoms with E-state index in [1.165, 1.54) is 12.1 Å². The zero-order valence-corrected chi connectivity index (χ0v) is 17.6. The van der Waals surface area contributed by atoms with Crippen molar-refractivity contribution in [3.05, 3.63) is 77.9 Å². The van der Waals surface area contributed by atoms with Crippen LogP contribution in [0.5, 0.6) is 5.75 Å². The van der Waals surface area contributed by atoms with Crippen molar-refractivity contribution in [2.45, 2.75) is 18.4 Å². The summed E-state index contributed by atoms with van der Waals surface area (Å²) < 4.78 is 29.3. The number of rotatable bonds is 8. The van der Waals surface area contributed by atoms with Gasteiger partial charge in [-0.2, -0.15) is 0 Å². The first-order valence-corrected chi connectivity index (χ1v) is 11.0. The molecule has 0 heterocycles. The number of anilines is 1. The van der Waals surface area contributed by atoms with Crippen LogP contribution in [0.4, 0.5) is 5.69 Å². The van der Waals surface area contributed by atoms with Gasteiger partial charge in [-0.25, -0.2) is 8.42 Å². The Balaban J connectivity index is 1.71. The number of aryl methyl sites for hydroxylation is 1. The van der Waals surface area contributed by atoms with Gasteiger partial charge in [-0.05, 0) is 65.6 Å². The standard InChI is InChI=1S/C23H23NO5S/c1-16-6-7-19(13-22(16)29-2)18-5-3-4-17(12-18)14-24-20-8-10-21(11-9-20)30(27,28)15-23(25)26/h3-13,24H,14-15H2,1-2H3,(H,25,26). The first-order chi connectivity index (χ1) is 14.3. The van der Waals surface area contributed by atoms with Crippen LogP contribution in [0.25, 0.3) is 11.1 Å². The van der Waals surface area contributed by atoms with Crippen molar-refractivity contribution in [3.8, 4) is 16.9 Å². The maximum atomic E-state index is 12.0. The molecule has 7 heteroatoms. The molecule has 0 amide bonds. The van der Waals surface area contributed by atoms with Crippen LogP contribution < -0.4 is 10.1 Å². The molecule has 30 heavy (non-hydrogen) atoms. The van der Waals surface area contributed by atoms with Crippen molar-refractivity contribution in [1.82, 2.24) is 0 Å².